The van der Waals surface area contributed by atoms with Gasteiger partial charge < -0.3 is 20.7 Å². The Morgan fingerprint density at radius 3 is 2.47 bits per heavy atom. The molecule has 2 heterocycles. The Hall–Kier alpha value is -4.26. The molecule has 3 aromatic carbocycles. The van der Waals surface area contributed by atoms with Crippen LogP contribution in [0.3, 0.4) is 0 Å². The van der Waals surface area contributed by atoms with Crippen molar-refractivity contribution in [1.82, 2.24) is 9.78 Å². The van der Waals surface area contributed by atoms with Crippen LogP contribution in [0.2, 0.25) is 0 Å². The van der Waals surface area contributed by atoms with Crippen LogP contribution in [0.15, 0.2) is 54.6 Å². The molecule has 7 nitrogen and oxygen atoms in total. The summed E-state index contributed by atoms with van der Waals surface area (Å²) in [6.07, 6.45) is 0.836. The Morgan fingerprint density at radius 1 is 1.02 bits per heavy atom. The van der Waals surface area contributed by atoms with Crippen molar-refractivity contribution >= 4 is 17.4 Å². The minimum absolute atomic E-state index is 0.0640. The third-order valence-electron chi connectivity index (χ3n) is 8.18. The van der Waals surface area contributed by atoms with Gasteiger partial charge in [-0.05, 0) is 78.6 Å². The number of nitrogens with one attached hydrogen (secondary N) is 1. The lowest BCUT2D eigenvalue weighted by Crippen LogP contribution is -2.31. The molecule has 1 aromatic heterocycles. The van der Waals surface area contributed by atoms with Crippen LogP contribution in [0.1, 0.15) is 68.1 Å². The summed E-state index contributed by atoms with van der Waals surface area (Å²) in [7, 11) is 0. The molecule has 4 aromatic rings. The molecule has 3 N–H and O–H groups in total. The molecule has 0 bridgehead atoms. The second-order valence-electron chi connectivity index (χ2n) is 13.3. The van der Waals surface area contributed by atoms with Gasteiger partial charge in [-0.25, -0.2) is 9.48 Å². The van der Waals surface area contributed by atoms with Crippen LogP contribution in [0, 0.1) is 26.7 Å². The second kappa shape index (κ2) is 11.8. The van der Waals surface area contributed by atoms with E-state index in [1.807, 2.05) is 24.3 Å². The molecule has 0 saturated heterocycles. The lowest BCUT2D eigenvalue weighted by Gasteiger charge is -2.32. The fourth-order valence-electron chi connectivity index (χ4n) is 5.86. The van der Waals surface area contributed by atoms with E-state index in [0.717, 1.165) is 59.0 Å². The smallest absolute Gasteiger partial charge is 0.316 e. The second-order valence-corrected chi connectivity index (χ2v) is 13.3. The van der Waals surface area contributed by atoms with Crippen molar-refractivity contribution in [2.45, 2.75) is 73.8 Å². The highest BCUT2D eigenvalue weighted by Gasteiger charge is 2.30. The quantitative estimate of drug-likeness (QED) is 0.233. The van der Waals surface area contributed by atoms with Crippen molar-refractivity contribution in [3.8, 4) is 22.7 Å². The fraction of sp³-hybridized carbons (Fsp3) is 0.389. The third kappa shape index (κ3) is 6.26. The standard InChI is InChI=1S/C36H45N5O2/c1-22(2)21-43-32-11-9-10-24(4)33(32)41-34(28-15-14-27(18-25(28)5)38-35(37)42)29-20-40(17-16-30(29)39-41)31-19-26(36(6,7)8)13-12-23(31)3/h9-15,18-19,22H,16-17,20-21H2,1-8H3,(H3,37,38,42). The zero-order chi connectivity index (χ0) is 31.1. The highest BCUT2D eigenvalue weighted by Crippen LogP contribution is 2.40. The average Bonchev–Trinajstić information content (AvgIpc) is 3.29. The minimum atomic E-state index is -0.579. The Bertz CT molecular complexity index is 1660. The number of carbonyl (C=O) groups is 1. The van der Waals surface area contributed by atoms with Crippen LogP contribution in [-0.2, 0) is 18.4 Å². The van der Waals surface area contributed by atoms with E-state index in [1.165, 1.54) is 22.4 Å². The Balaban J connectivity index is 1.69. The van der Waals surface area contributed by atoms with E-state index in [-0.39, 0.29) is 5.41 Å². The SMILES string of the molecule is Cc1cc(NC(N)=O)ccc1-c1c2c(nn1-c1c(C)cccc1OCC(C)C)CCN(c1cc(C(C)(C)C)ccc1C)C2. The first kappa shape index (κ1) is 30.2. The van der Waals surface area contributed by atoms with Crippen molar-refractivity contribution in [2.24, 2.45) is 11.7 Å². The van der Waals surface area contributed by atoms with E-state index >= 15 is 0 Å². The van der Waals surface area contributed by atoms with Gasteiger partial charge in [0, 0.05) is 42.0 Å². The molecule has 7 heteroatoms. The number of anilines is 2. The van der Waals surface area contributed by atoms with Crippen molar-refractivity contribution in [1.29, 1.82) is 0 Å². The number of rotatable bonds is 7. The molecule has 0 unspecified atom stereocenters. The number of nitrogens with two attached hydrogens (primary N) is 1. The highest BCUT2D eigenvalue weighted by molar-refractivity contribution is 5.88. The number of primary amides is 1. The summed E-state index contributed by atoms with van der Waals surface area (Å²) >= 11 is 0. The molecule has 226 valence electrons. The average molecular weight is 580 g/mol. The van der Waals surface area contributed by atoms with Gasteiger partial charge in [0.25, 0.3) is 0 Å². The summed E-state index contributed by atoms with van der Waals surface area (Å²) in [5, 5.41) is 8.00. The van der Waals surface area contributed by atoms with Crippen LogP contribution >= 0.6 is 0 Å². The fourth-order valence-corrected chi connectivity index (χ4v) is 5.86. The van der Waals surface area contributed by atoms with Crippen molar-refractivity contribution in [3.05, 3.63) is 88.1 Å². The van der Waals surface area contributed by atoms with E-state index in [1.54, 1.807) is 0 Å². The van der Waals surface area contributed by atoms with Gasteiger partial charge in [-0.2, -0.15) is 5.10 Å². The summed E-state index contributed by atoms with van der Waals surface area (Å²) in [6, 6.07) is 18.4. The topological polar surface area (TPSA) is 85.4 Å². The number of aryl methyl sites for hydroxylation is 3. The number of amides is 2. The molecular formula is C36H45N5O2. The zero-order valence-electron chi connectivity index (χ0n) is 26.8. The summed E-state index contributed by atoms with van der Waals surface area (Å²) in [4.78, 5) is 14.1. The number of nitrogens with zero attached hydrogens (tertiary/aromatic N) is 3. The van der Waals surface area contributed by atoms with Crippen LogP contribution in [-0.4, -0.2) is 29.0 Å². The normalized spacial score (nSPS) is 13.3. The molecule has 0 radical (unpaired) electrons. The Morgan fingerprint density at radius 2 is 1.79 bits per heavy atom. The first-order chi connectivity index (χ1) is 20.3. The van der Waals surface area contributed by atoms with Crippen LogP contribution in [0.5, 0.6) is 5.75 Å². The molecule has 2 amide bonds. The molecular weight excluding hydrogens is 534 g/mol. The largest absolute Gasteiger partial charge is 0.491 e. The van der Waals surface area contributed by atoms with E-state index in [2.05, 4.69) is 101 Å². The summed E-state index contributed by atoms with van der Waals surface area (Å²) in [5.41, 5.74) is 17.5. The van der Waals surface area contributed by atoms with Gasteiger partial charge in [-0.15, -0.1) is 0 Å². The number of aromatic nitrogens is 2. The number of hydrogen-bond acceptors (Lipinski definition) is 4. The van der Waals surface area contributed by atoms with Crippen LogP contribution < -0.4 is 20.7 Å². The third-order valence-corrected chi connectivity index (χ3v) is 8.18. The van der Waals surface area contributed by atoms with E-state index in [0.29, 0.717) is 18.2 Å². The van der Waals surface area contributed by atoms with Gasteiger partial charge in [0.2, 0.25) is 0 Å². The van der Waals surface area contributed by atoms with Crippen LogP contribution in [0.4, 0.5) is 16.2 Å². The maximum atomic E-state index is 11.6. The lowest BCUT2D eigenvalue weighted by atomic mass is 9.86. The van der Waals surface area contributed by atoms with E-state index in [4.69, 9.17) is 15.6 Å². The number of fused-ring (bicyclic) bond motifs is 1. The summed E-state index contributed by atoms with van der Waals surface area (Å²) in [5.74, 6) is 1.22. The van der Waals surface area contributed by atoms with Crippen molar-refractivity contribution in [2.75, 3.05) is 23.4 Å². The lowest BCUT2D eigenvalue weighted by molar-refractivity contribution is 0.259. The molecule has 0 spiro atoms. The maximum Gasteiger partial charge on any atom is 0.316 e. The van der Waals surface area contributed by atoms with Crippen LogP contribution in [0.25, 0.3) is 16.9 Å². The minimum Gasteiger partial charge on any atom is -0.491 e. The first-order valence-electron chi connectivity index (χ1n) is 15.2. The van der Waals surface area contributed by atoms with Gasteiger partial charge in [-0.3, -0.25) is 0 Å². The van der Waals surface area contributed by atoms with Gasteiger partial charge in [0.1, 0.15) is 11.4 Å². The van der Waals surface area contributed by atoms with E-state index < -0.39 is 6.03 Å². The number of carbonyl (C=O) groups excluding carboxylic acids is 1. The number of ether oxygens (including phenoxy) is 1. The predicted molar refractivity (Wildman–Crippen MR) is 177 cm³/mol. The van der Waals surface area contributed by atoms with Crippen molar-refractivity contribution in [3.63, 3.8) is 0 Å². The molecule has 0 aliphatic carbocycles. The van der Waals surface area contributed by atoms with E-state index in [9.17, 15) is 4.79 Å². The van der Waals surface area contributed by atoms with Gasteiger partial charge in [0.05, 0.1) is 18.0 Å². The molecule has 43 heavy (non-hydrogen) atoms. The zero-order valence-corrected chi connectivity index (χ0v) is 26.8. The molecule has 1 aliphatic rings. The predicted octanol–water partition coefficient (Wildman–Crippen LogP) is 7.85. The number of para-hydroxylation sites is 1. The number of benzene rings is 3. The Kier molecular flexibility index (Phi) is 8.28. The molecule has 5 rings (SSSR count). The number of urea groups is 1. The van der Waals surface area contributed by atoms with Crippen molar-refractivity contribution < 1.29 is 9.53 Å². The maximum absolute atomic E-state index is 11.6. The van der Waals surface area contributed by atoms with Gasteiger partial charge in [0.15, 0.2) is 0 Å². The molecule has 1 aliphatic heterocycles. The number of hydrogen-bond donors (Lipinski definition) is 2. The van der Waals surface area contributed by atoms with Gasteiger partial charge in [-0.1, -0.05) is 65.0 Å². The highest BCUT2D eigenvalue weighted by atomic mass is 16.5. The monoisotopic (exact) mass is 579 g/mol. The molecule has 0 fully saturated rings. The summed E-state index contributed by atoms with van der Waals surface area (Å²) < 4.78 is 8.47. The first-order valence-corrected chi connectivity index (χ1v) is 15.2. The van der Waals surface area contributed by atoms with Gasteiger partial charge >= 0.3 is 6.03 Å². The Labute approximate surface area is 256 Å². The summed E-state index contributed by atoms with van der Waals surface area (Å²) in [6.45, 7) is 19.7. The molecule has 0 saturated carbocycles. The molecule has 0 atom stereocenters.